The summed E-state index contributed by atoms with van der Waals surface area (Å²) in [5.41, 5.74) is -0.347. The normalized spacial score (nSPS) is 17.5. The summed E-state index contributed by atoms with van der Waals surface area (Å²) in [7, 11) is 0. The lowest BCUT2D eigenvalue weighted by Crippen LogP contribution is -2.56. The van der Waals surface area contributed by atoms with Crippen LogP contribution in [0.5, 0.6) is 0 Å². The maximum atomic E-state index is 12.5. The molecular weight excluding hydrogens is 365 g/mol. The Balaban J connectivity index is 2.22. The summed E-state index contributed by atoms with van der Waals surface area (Å²) >= 11 is 18.0. The summed E-state index contributed by atoms with van der Waals surface area (Å²) in [6.45, 7) is 1.38. The molecule has 1 aromatic carbocycles. The molecule has 1 heterocycles. The number of amides is 1. The second-order valence-electron chi connectivity index (χ2n) is 5.29. The van der Waals surface area contributed by atoms with Gasteiger partial charge < -0.3 is 5.32 Å². The first-order valence-corrected chi connectivity index (χ1v) is 8.29. The minimum Gasteiger partial charge on any atom is -0.332 e. The molecule has 6 nitrogen and oxygen atoms in total. The molecule has 2 rings (SSSR count). The summed E-state index contributed by atoms with van der Waals surface area (Å²) in [4.78, 5) is 24.8. The third-order valence-electron chi connectivity index (χ3n) is 3.68. The molecule has 1 amide bonds. The van der Waals surface area contributed by atoms with Crippen LogP contribution in [0.3, 0.4) is 0 Å². The van der Waals surface area contributed by atoms with Gasteiger partial charge in [0.05, 0.1) is 4.92 Å². The largest absolute Gasteiger partial charge is 0.332 e. The highest BCUT2D eigenvalue weighted by atomic mass is 35.6. The van der Waals surface area contributed by atoms with E-state index in [1.165, 1.54) is 18.2 Å². The monoisotopic (exact) mass is 379 g/mol. The number of hydrogen-bond acceptors (Lipinski definition) is 4. The Kier molecular flexibility index (Phi) is 6.08. The van der Waals surface area contributed by atoms with Gasteiger partial charge in [-0.2, -0.15) is 0 Å². The number of para-hydroxylation sites is 1. The molecule has 0 unspecified atom stereocenters. The number of nitrogens with one attached hydrogen (secondary N) is 1. The minimum atomic E-state index is -1.74. The third kappa shape index (κ3) is 4.70. The van der Waals surface area contributed by atoms with Gasteiger partial charge in [0.25, 0.3) is 11.6 Å². The van der Waals surface area contributed by atoms with Crippen molar-refractivity contribution in [2.45, 2.75) is 29.2 Å². The number of alkyl halides is 3. The lowest BCUT2D eigenvalue weighted by atomic mass is 10.1. The maximum absolute atomic E-state index is 12.5. The number of nitrogens with zero attached hydrogens (tertiary/aromatic N) is 2. The molecule has 0 spiro atoms. The molecule has 1 aliphatic heterocycles. The highest BCUT2D eigenvalue weighted by Gasteiger charge is 2.39. The summed E-state index contributed by atoms with van der Waals surface area (Å²) in [5, 5.41) is 13.7. The summed E-state index contributed by atoms with van der Waals surface area (Å²) < 4.78 is -1.74. The SMILES string of the molecule is O=C(N[C@@H](N1CCCCC1)C(Cl)(Cl)Cl)c1ccccc1[N+](=O)[O-]. The van der Waals surface area contributed by atoms with Gasteiger partial charge in [-0.3, -0.25) is 19.8 Å². The van der Waals surface area contributed by atoms with E-state index in [2.05, 4.69) is 5.32 Å². The van der Waals surface area contributed by atoms with Gasteiger partial charge in [0.2, 0.25) is 3.79 Å². The first-order valence-electron chi connectivity index (χ1n) is 7.16. The van der Waals surface area contributed by atoms with Crippen molar-refractivity contribution in [3.05, 3.63) is 39.9 Å². The number of halogens is 3. The van der Waals surface area contributed by atoms with Gasteiger partial charge in [-0.05, 0) is 18.9 Å². The van der Waals surface area contributed by atoms with Gasteiger partial charge in [0, 0.05) is 19.2 Å². The van der Waals surface area contributed by atoms with Crippen molar-refractivity contribution in [2.75, 3.05) is 13.1 Å². The Hall–Kier alpha value is -1.08. The Morgan fingerprint density at radius 3 is 2.39 bits per heavy atom. The van der Waals surface area contributed by atoms with Crippen molar-refractivity contribution in [2.24, 2.45) is 0 Å². The van der Waals surface area contributed by atoms with E-state index in [-0.39, 0.29) is 11.3 Å². The number of carbonyl (C=O) groups excluding carboxylic acids is 1. The average Bonchev–Trinajstić information content (AvgIpc) is 2.52. The van der Waals surface area contributed by atoms with Gasteiger partial charge >= 0.3 is 0 Å². The standard InChI is InChI=1S/C14H16Cl3N3O3/c15-14(16,17)13(19-8-4-1-5-9-19)18-12(21)10-6-2-3-7-11(10)20(22)23/h2-3,6-7,13H,1,4-5,8-9H2,(H,18,21)/t13-/m0/s1. The first kappa shape index (κ1) is 18.3. The van der Waals surface area contributed by atoms with Crippen molar-refractivity contribution < 1.29 is 9.72 Å². The van der Waals surface area contributed by atoms with Crippen LogP contribution in [-0.4, -0.2) is 38.8 Å². The van der Waals surface area contributed by atoms with Crippen LogP contribution in [0.15, 0.2) is 24.3 Å². The zero-order chi connectivity index (χ0) is 17.0. The Labute approximate surface area is 148 Å². The highest BCUT2D eigenvalue weighted by Crippen LogP contribution is 2.34. The molecule has 0 bridgehead atoms. The maximum Gasteiger partial charge on any atom is 0.282 e. The second kappa shape index (κ2) is 7.66. The number of likely N-dealkylation sites (tertiary alicyclic amines) is 1. The van der Waals surface area contributed by atoms with Crippen LogP contribution in [0.25, 0.3) is 0 Å². The summed E-state index contributed by atoms with van der Waals surface area (Å²) in [6.07, 6.45) is 2.12. The second-order valence-corrected chi connectivity index (χ2v) is 7.66. The number of piperidine rings is 1. The molecule has 0 radical (unpaired) electrons. The zero-order valence-electron chi connectivity index (χ0n) is 12.2. The third-order valence-corrected chi connectivity index (χ3v) is 4.30. The first-order chi connectivity index (χ1) is 10.8. The molecule has 1 N–H and O–H groups in total. The molecule has 126 valence electrons. The zero-order valence-corrected chi connectivity index (χ0v) is 14.4. The van der Waals surface area contributed by atoms with Crippen LogP contribution in [0.1, 0.15) is 29.6 Å². The smallest absolute Gasteiger partial charge is 0.282 e. The van der Waals surface area contributed by atoms with E-state index >= 15 is 0 Å². The Morgan fingerprint density at radius 1 is 1.22 bits per heavy atom. The van der Waals surface area contributed by atoms with E-state index in [0.29, 0.717) is 13.1 Å². The lowest BCUT2D eigenvalue weighted by Gasteiger charge is -2.38. The predicted octanol–water partition coefficient (Wildman–Crippen LogP) is 3.51. The minimum absolute atomic E-state index is 0.0613. The van der Waals surface area contributed by atoms with Crippen molar-refractivity contribution in [1.82, 2.24) is 10.2 Å². The molecule has 23 heavy (non-hydrogen) atoms. The van der Waals surface area contributed by atoms with Crippen molar-refractivity contribution >= 4 is 46.4 Å². The average molecular weight is 381 g/mol. The Bertz CT molecular complexity index is 586. The van der Waals surface area contributed by atoms with Gasteiger partial charge in [-0.25, -0.2) is 0 Å². The van der Waals surface area contributed by atoms with Crippen LogP contribution in [0.2, 0.25) is 0 Å². The molecule has 0 aromatic heterocycles. The van der Waals surface area contributed by atoms with Crippen LogP contribution in [0.4, 0.5) is 5.69 Å². The summed E-state index contributed by atoms with van der Waals surface area (Å²) in [5.74, 6) is -0.640. The number of nitro groups is 1. The van der Waals surface area contributed by atoms with Crippen molar-refractivity contribution in [3.8, 4) is 0 Å². The molecule has 1 atom stereocenters. The molecule has 9 heteroatoms. The van der Waals surface area contributed by atoms with Crippen molar-refractivity contribution in [1.29, 1.82) is 0 Å². The van der Waals surface area contributed by atoms with Crippen LogP contribution < -0.4 is 5.32 Å². The molecule has 1 saturated heterocycles. The van der Waals surface area contributed by atoms with Gasteiger partial charge in [-0.1, -0.05) is 53.4 Å². The fourth-order valence-electron chi connectivity index (χ4n) is 2.58. The number of hydrogen-bond donors (Lipinski definition) is 1. The lowest BCUT2D eigenvalue weighted by molar-refractivity contribution is -0.385. The van der Waals surface area contributed by atoms with E-state index < -0.39 is 20.8 Å². The van der Waals surface area contributed by atoms with Crippen LogP contribution >= 0.6 is 34.8 Å². The molecule has 1 aliphatic rings. The predicted molar refractivity (Wildman–Crippen MR) is 90.1 cm³/mol. The van der Waals surface area contributed by atoms with Crippen LogP contribution in [-0.2, 0) is 0 Å². The van der Waals surface area contributed by atoms with Gasteiger partial charge in [0.1, 0.15) is 11.7 Å². The number of benzene rings is 1. The van der Waals surface area contributed by atoms with Crippen molar-refractivity contribution in [3.63, 3.8) is 0 Å². The summed E-state index contributed by atoms with van der Waals surface area (Å²) in [6, 6.07) is 5.68. The van der Waals surface area contributed by atoms with E-state index in [0.717, 1.165) is 19.3 Å². The van der Waals surface area contributed by atoms with E-state index in [9.17, 15) is 14.9 Å². The van der Waals surface area contributed by atoms with Crippen LogP contribution in [0, 0.1) is 10.1 Å². The number of nitro benzene ring substituents is 1. The number of rotatable bonds is 4. The van der Waals surface area contributed by atoms with E-state index in [1.54, 1.807) is 6.07 Å². The van der Waals surface area contributed by atoms with E-state index in [4.69, 9.17) is 34.8 Å². The fourth-order valence-corrected chi connectivity index (χ4v) is 3.16. The molecule has 0 saturated carbocycles. The molecule has 1 fully saturated rings. The van der Waals surface area contributed by atoms with E-state index in [1.807, 2.05) is 4.90 Å². The molecule has 0 aliphatic carbocycles. The topological polar surface area (TPSA) is 75.5 Å². The highest BCUT2D eigenvalue weighted by molar-refractivity contribution is 6.68. The Morgan fingerprint density at radius 2 is 1.83 bits per heavy atom. The fraction of sp³-hybridized carbons (Fsp3) is 0.500. The van der Waals surface area contributed by atoms with Gasteiger partial charge in [-0.15, -0.1) is 0 Å². The number of carbonyl (C=O) groups is 1. The molecular formula is C14H16Cl3N3O3. The molecule has 1 aromatic rings. The quantitative estimate of drug-likeness (QED) is 0.493. The van der Waals surface area contributed by atoms with Gasteiger partial charge in [0.15, 0.2) is 0 Å².